The SMILES string of the molecule is C=C(/C=C\C=C/C)N(c1c(F)cc(-c2ccccc2)cc1C1=CC=CCC=C1)c1ccc2ccc3c(N(c4ccccc4)c4c(F)cc(C5=CCCC=C5)cc4-c4ccccc4)ccc4ccc1c2c43. The zero-order valence-corrected chi connectivity index (χ0v) is 39.0. The van der Waals surface area contributed by atoms with E-state index in [1.165, 1.54) is 0 Å². The fourth-order valence-corrected chi connectivity index (χ4v) is 10.2. The van der Waals surface area contributed by atoms with Crippen LogP contribution in [-0.2, 0) is 0 Å². The van der Waals surface area contributed by atoms with Crippen molar-refractivity contribution in [3.05, 3.63) is 272 Å². The van der Waals surface area contributed by atoms with E-state index in [1.54, 1.807) is 12.1 Å². The lowest BCUT2D eigenvalue weighted by atomic mass is 9.90. The van der Waals surface area contributed by atoms with Crippen LogP contribution in [0.15, 0.2) is 249 Å². The molecule has 0 aromatic heterocycles. The molecule has 0 N–H and O–H groups in total. The topological polar surface area (TPSA) is 6.48 Å². The average Bonchev–Trinajstić information content (AvgIpc) is 3.70. The fourth-order valence-electron chi connectivity index (χ4n) is 10.2. The summed E-state index contributed by atoms with van der Waals surface area (Å²) in [5.74, 6) is -0.692. The van der Waals surface area contributed by atoms with Crippen molar-refractivity contribution in [1.29, 1.82) is 0 Å². The minimum atomic E-state index is -0.371. The van der Waals surface area contributed by atoms with Crippen LogP contribution in [0.2, 0.25) is 0 Å². The fraction of sp³-hybridized carbons (Fsp3) is 0.0606. The second kappa shape index (κ2) is 19.2. The minimum absolute atomic E-state index is 0.321. The Bertz CT molecular complexity index is 3670. The summed E-state index contributed by atoms with van der Waals surface area (Å²) in [6, 6.07) is 54.8. The molecule has 9 aromatic rings. The van der Waals surface area contributed by atoms with Gasteiger partial charge in [0.1, 0.15) is 11.6 Å². The van der Waals surface area contributed by atoms with E-state index in [0.717, 1.165) is 113 Å². The second-order valence-corrected chi connectivity index (χ2v) is 17.7. The zero-order valence-electron chi connectivity index (χ0n) is 39.0. The van der Waals surface area contributed by atoms with Crippen LogP contribution in [-0.4, -0.2) is 0 Å². The van der Waals surface area contributed by atoms with Gasteiger partial charge in [-0.1, -0.05) is 189 Å². The lowest BCUT2D eigenvalue weighted by Crippen LogP contribution is -2.18. The second-order valence-electron chi connectivity index (χ2n) is 17.7. The molecule has 338 valence electrons. The van der Waals surface area contributed by atoms with E-state index in [1.807, 2.05) is 121 Å². The molecular formula is C66H50F2N2. The van der Waals surface area contributed by atoms with Gasteiger partial charge in [-0.25, -0.2) is 8.78 Å². The summed E-state index contributed by atoms with van der Waals surface area (Å²) < 4.78 is 35.3. The molecule has 0 unspecified atom stereocenters. The van der Waals surface area contributed by atoms with Gasteiger partial charge in [0, 0.05) is 33.3 Å². The first-order valence-electron chi connectivity index (χ1n) is 24.0. The number of benzene rings is 9. The average molecular weight is 909 g/mol. The highest BCUT2D eigenvalue weighted by atomic mass is 19.1. The van der Waals surface area contributed by atoms with Crippen LogP contribution in [0.3, 0.4) is 0 Å². The third kappa shape index (κ3) is 8.18. The maximum atomic E-state index is 17.7. The van der Waals surface area contributed by atoms with Gasteiger partial charge in [0.25, 0.3) is 0 Å². The van der Waals surface area contributed by atoms with Gasteiger partial charge >= 0.3 is 0 Å². The molecule has 0 amide bonds. The number of halogens is 2. The van der Waals surface area contributed by atoms with Gasteiger partial charge in [0.05, 0.1) is 22.7 Å². The Kier molecular flexibility index (Phi) is 12.0. The van der Waals surface area contributed by atoms with Gasteiger partial charge in [-0.3, -0.25) is 0 Å². The van der Waals surface area contributed by atoms with Crippen molar-refractivity contribution >= 4 is 71.9 Å². The molecule has 2 aliphatic rings. The Morgan fingerprint density at radius 2 is 1.16 bits per heavy atom. The molecule has 0 heterocycles. The van der Waals surface area contributed by atoms with E-state index in [-0.39, 0.29) is 11.6 Å². The largest absolute Gasteiger partial charge is 0.307 e. The first-order chi connectivity index (χ1) is 34.5. The predicted molar refractivity (Wildman–Crippen MR) is 295 cm³/mol. The summed E-state index contributed by atoms with van der Waals surface area (Å²) in [7, 11) is 0. The smallest absolute Gasteiger partial charge is 0.148 e. The van der Waals surface area contributed by atoms with Crippen LogP contribution >= 0.6 is 0 Å². The molecule has 70 heavy (non-hydrogen) atoms. The van der Waals surface area contributed by atoms with Gasteiger partial charge in [-0.05, 0) is 136 Å². The number of anilines is 5. The predicted octanol–water partition coefficient (Wildman–Crippen LogP) is 19.1. The first kappa shape index (κ1) is 43.9. The van der Waals surface area contributed by atoms with Crippen LogP contribution in [0, 0.1) is 11.6 Å². The highest BCUT2D eigenvalue weighted by Gasteiger charge is 2.28. The van der Waals surface area contributed by atoms with E-state index in [0.29, 0.717) is 17.1 Å². The maximum Gasteiger partial charge on any atom is 0.148 e. The van der Waals surface area contributed by atoms with Gasteiger partial charge in [0.15, 0.2) is 0 Å². The number of hydrogen-bond acceptors (Lipinski definition) is 2. The van der Waals surface area contributed by atoms with Crippen LogP contribution < -0.4 is 9.80 Å². The number of nitrogens with zero attached hydrogens (tertiary/aromatic N) is 2. The number of para-hydroxylation sites is 1. The Hall–Kier alpha value is -8.60. The van der Waals surface area contributed by atoms with Crippen molar-refractivity contribution in [3.8, 4) is 22.3 Å². The molecule has 0 bridgehead atoms. The van der Waals surface area contributed by atoms with E-state index >= 15 is 8.78 Å². The van der Waals surface area contributed by atoms with Crippen molar-refractivity contribution in [2.45, 2.75) is 26.2 Å². The first-order valence-corrected chi connectivity index (χ1v) is 24.0. The number of allylic oxidation sites excluding steroid dienone is 14. The number of rotatable bonds is 12. The van der Waals surface area contributed by atoms with E-state index in [9.17, 15) is 0 Å². The summed E-state index contributed by atoms with van der Waals surface area (Å²) in [6.45, 7) is 6.60. The van der Waals surface area contributed by atoms with Crippen molar-refractivity contribution < 1.29 is 8.78 Å². The van der Waals surface area contributed by atoms with Crippen LogP contribution in [0.5, 0.6) is 0 Å². The highest BCUT2D eigenvalue weighted by molar-refractivity contribution is 6.28. The number of hydrogen-bond donors (Lipinski definition) is 0. The molecule has 0 radical (unpaired) electrons. The summed E-state index contributed by atoms with van der Waals surface area (Å²) in [5, 5.41) is 6.00. The summed E-state index contributed by atoms with van der Waals surface area (Å²) in [6.07, 6.45) is 27.3. The van der Waals surface area contributed by atoms with E-state index in [2.05, 4.69) is 127 Å². The van der Waals surface area contributed by atoms with Gasteiger partial charge in [-0.15, -0.1) is 0 Å². The molecule has 0 saturated carbocycles. The molecule has 9 aromatic carbocycles. The monoisotopic (exact) mass is 908 g/mol. The quantitative estimate of drug-likeness (QED) is 0.0890. The van der Waals surface area contributed by atoms with Crippen LogP contribution in [0.4, 0.5) is 37.2 Å². The Morgan fingerprint density at radius 3 is 1.86 bits per heavy atom. The van der Waals surface area contributed by atoms with Crippen LogP contribution in [0.1, 0.15) is 37.3 Å². The molecule has 0 saturated heterocycles. The standard InChI is InChI=1S/C66H50F2N2/c1-3-4-11-22-45(2)69(65-57(48-27-12-5-6-13-28-48)41-52(43-59(65)67)46-23-14-7-15-24-46)61-39-35-50-34-38-56-62(40-36-51-33-37-55(61)63(50)64(51)56)70(54-31-20-10-21-32-54)66-58(49-29-18-9-19-30-49)42-53(44-60(66)68)47-25-16-8-17-26-47/h3-5,7,9-16,18-44H,2,6,8,17H2,1H3/b4-3-,22-11-. The summed E-state index contributed by atoms with van der Waals surface area (Å²) in [5.41, 5.74) is 10.8. The molecule has 2 nitrogen and oxygen atoms in total. The van der Waals surface area contributed by atoms with Crippen molar-refractivity contribution in [3.63, 3.8) is 0 Å². The normalized spacial score (nSPS) is 13.7. The molecule has 0 aliphatic heterocycles. The maximum absolute atomic E-state index is 17.7. The third-order valence-corrected chi connectivity index (χ3v) is 13.4. The zero-order chi connectivity index (χ0) is 47.6. The Balaban J connectivity index is 1.17. The molecule has 4 heteroatoms. The summed E-state index contributed by atoms with van der Waals surface area (Å²) in [4.78, 5) is 4.06. The minimum Gasteiger partial charge on any atom is -0.307 e. The van der Waals surface area contributed by atoms with Crippen LogP contribution in [0.25, 0.3) is 65.7 Å². The lowest BCUT2D eigenvalue weighted by molar-refractivity contribution is 0.628. The Morgan fingerprint density at radius 1 is 0.543 bits per heavy atom. The van der Waals surface area contributed by atoms with E-state index < -0.39 is 0 Å². The summed E-state index contributed by atoms with van der Waals surface area (Å²) >= 11 is 0. The molecule has 2 aliphatic carbocycles. The highest BCUT2D eigenvalue weighted by Crippen LogP contribution is 2.50. The van der Waals surface area contributed by atoms with Gasteiger partial charge in [0.2, 0.25) is 0 Å². The molecule has 0 fully saturated rings. The molecule has 0 spiro atoms. The Labute approximate surface area is 408 Å². The third-order valence-electron chi connectivity index (χ3n) is 13.4. The van der Waals surface area contributed by atoms with Crippen molar-refractivity contribution in [2.75, 3.05) is 9.80 Å². The van der Waals surface area contributed by atoms with Crippen molar-refractivity contribution in [1.82, 2.24) is 0 Å². The van der Waals surface area contributed by atoms with Gasteiger partial charge < -0.3 is 9.80 Å². The van der Waals surface area contributed by atoms with Gasteiger partial charge in [-0.2, -0.15) is 0 Å². The molecule has 11 rings (SSSR count). The molecular weight excluding hydrogens is 859 g/mol. The molecule has 0 atom stereocenters. The lowest BCUT2D eigenvalue weighted by Gasteiger charge is -2.32. The van der Waals surface area contributed by atoms with Crippen molar-refractivity contribution in [2.24, 2.45) is 0 Å². The van der Waals surface area contributed by atoms with E-state index in [4.69, 9.17) is 0 Å².